The van der Waals surface area contributed by atoms with Crippen molar-refractivity contribution < 1.29 is 9.52 Å². The van der Waals surface area contributed by atoms with Crippen molar-refractivity contribution >= 4 is 0 Å². The molecule has 0 aromatic carbocycles. The van der Waals surface area contributed by atoms with Crippen molar-refractivity contribution in [3.05, 3.63) is 24.2 Å². The van der Waals surface area contributed by atoms with E-state index >= 15 is 0 Å². The van der Waals surface area contributed by atoms with Gasteiger partial charge < -0.3 is 9.52 Å². The minimum atomic E-state index is 0.331. The summed E-state index contributed by atoms with van der Waals surface area (Å²) in [6, 6.07) is 2.07. The Kier molecular flexibility index (Phi) is 2.55. The zero-order valence-electron chi connectivity index (χ0n) is 9.80. The van der Waals surface area contributed by atoms with Crippen molar-refractivity contribution in [1.29, 1.82) is 0 Å². The first-order valence-corrected chi connectivity index (χ1v) is 6.44. The number of hydrogen-bond donors (Lipinski definition) is 1. The molecule has 0 spiro atoms. The highest BCUT2D eigenvalue weighted by molar-refractivity contribution is 5.17. The minimum absolute atomic E-state index is 0.331. The van der Waals surface area contributed by atoms with Crippen molar-refractivity contribution in [2.75, 3.05) is 6.61 Å². The van der Waals surface area contributed by atoms with Crippen LogP contribution in [0.5, 0.6) is 0 Å². The first-order chi connectivity index (χ1) is 7.81. The second-order valence-electron chi connectivity index (χ2n) is 5.61. The number of aliphatic hydroxyl groups excluding tert-OH is 1. The molecule has 1 aromatic rings. The average Bonchev–Trinajstić information content (AvgIpc) is 2.87. The van der Waals surface area contributed by atoms with Gasteiger partial charge in [0.15, 0.2) is 0 Å². The largest absolute Gasteiger partial charge is 0.472 e. The molecular weight excluding hydrogens is 200 g/mol. The van der Waals surface area contributed by atoms with E-state index in [1.807, 2.05) is 6.26 Å². The normalized spacial score (nSPS) is 42.5. The zero-order chi connectivity index (χ0) is 11.1. The molecule has 0 aliphatic heterocycles. The first kappa shape index (κ1) is 10.4. The van der Waals surface area contributed by atoms with E-state index in [0.717, 1.165) is 17.8 Å². The van der Waals surface area contributed by atoms with Crippen LogP contribution >= 0.6 is 0 Å². The molecule has 0 saturated heterocycles. The van der Waals surface area contributed by atoms with Crippen molar-refractivity contribution in [1.82, 2.24) is 0 Å². The summed E-state index contributed by atoms with van der Waals surface area (Å²) in [5.41, 5.74) is 1.29. The maximum Gasteiger partial charge on any atom is 0.0937 e. The van der Waals surface area contributed by atoms with Crippen LogP contribution in [0.2, 0.25) is 0 Å². The van der Waals surface area contributed by atoms with Gasteiger partial charge in [0.25, 0.3) is 0 Å². The van der Waals surface area contributed by atoms with Crippen molar-refractivity contribution in [3.8, 4) is 0 Å². The van der Waals surface area contributed by atoms with E-state index in [1.165, 1.54) is 24.8 Å². The van der Waals surface area contributed by atoms with E-state index in [4.69, 9.17) is 4.42 Å². The molecule has 2 saturated carbocycles. The number of hydrogen-bond acceptors (Lipinski definition) is 2. The molecule has 2 nitrogen and oxygen atoms in total. The van der Waals surface area contributed by atoms with Gasteiger partial charge in [-0.05, 0) is 60.5 Å². The average molecular weight is 220 g/mol. The Morgan fingerprint density at radius 1 is 1.44 bits per heavy atom. The van der Waals surface area contributed by atoms with Crippen LogP contribution in [0, 0.1) is 23.7 Å². The fraction of sp³-hybridized carbons (Fsp3) is 0.714. The third kappa shape index (κ3) is 1.43. The van der Waals surface area contributed by atoms with Gasteiger partial charge in [-0.2, -0.15) is 0 Å². The summed E-state index contributed by atoms with van der Waals surface area (Å²) in [7, 11) is 0. The molecule has 2 aliphatic carbocycles. The summed E-state index contributed by atoms with van der Waals surface area (Å²) in [5, 5.41) is 9.67. The van der Waals surface area contributed by atoms with Crippen LogP contribution < -0.4 is 0 Å². The Hall–Kier alpha value is -0.760. The first-order valence-electron chi connectivity index (χ1n) is 6.44. The fourth-order valence-corrected chi connectivity index (χ4v) is 4.15. The van der Waals surface area contributed by atoms with Crippen LogP contribution in [0.15, 0.2) is 23.0 Å². The van der Waals surface area contributed by atoms with Gasteiger partial charge in [0.1, 0.15) is 0 Å². The van der Waals surface area contributed by atoms with Gasteiger partial charge in [-0.1, -0.05) is 6.92 Å². The highest BCUT2D eigenvalue weighted by Gasteiger charge is 2.46. The molecule has 16 heavy (non-hydrogen) atoms. The molecule has 1 N–H and O–H groups in total. The number of aliphatic hydroxyl groups is 1. The number of furan rings is 1. The summed E-state index contributed by atoms with van der Waals surface area (Å²) in [6.45, 7) is 2.70. The van der Waals surface area contributed by atoms with E-state index in [0.29, 0.717) is 18.4 Å². The quantitative estimate of drug-likeness (QED) is 0.831. The molecule has 2 heteroatoms. The second-order valence-corrected chi connectivity index (χ2v) is 5.61. The van der Waals surface area contributed by atoms with Crippen LogP contribution in [0.4, 0.5) is 0 Å². The Balaban J connectivity index is 1.90. The van der Waals surface area contributed by atoms with Crippen LogP contribution in [0.1, 0.15) is 37.7 Å². The third-order valence-electron chi connectivity index (χ3n) is 5.10. The highest BCUT2D eigenvalue weighted by atomic mass is 16.3. The maximum absolute atomic E-state index is 9.67. The van der Waals surface area contributed by atoms with E-state index in [1.54, 1.807) is 6.26 Å². The maximum atomic E-state index is 9.67. The Morgan fingerprint density at radius 3 is 3.00 bits per heavy atom. The monoisotopic (exact) mass is 220 g/mol. The van der Waals surface area contributed by atoms with Crippen LogP contribution in [-0.4, -0.2) is 11.7 Å². The third-order valence-corrected chi connectivity index (χ3v) is 5.10. The molecule has 5 atom stereocenters. The summed E-state index contributed by atoms with van der Waals surface area (Å²) in [5.74, 6) is 3.38. The summed E-state index contributed by atoms with van der Waals surface area (Å²) in [4.78, 5) is 0. The number of fused-ring (bicyclic) bond motifs is 2. The van der Waals surface area contributed by atoms with Crippen molar-refractivity contribution in [2.24, 2.45) is 23.7 Å². The molecule has 2 fully saturated rings. The van der Waals surface area contributed by atoms with E-state index in [9.17, 15) is 5.11 Å². The van der Waals surface area contributed by atoms with Crippen LogP contribution in [-0.2, 0) is 0 Å². The van der Waals surface area contributed by atoms with Gasteiger partial charge in [0, 0.05) is 6.61 Å². The highest BCUT2D eigenvalue weighted by Crippen LogP contribution is 2.54. The predicted molar refractivity (Wildman–Crippen MR) is 62.0 cm³/mol. The van der Waals surface area contributed by atoms with Gasteiger partial charge in [-0.3, -0.25) is 0 Å². The molecule has 2 aliphatic rings. The fourth-order valence-electron chi connectivity index (χ4n) is 4.15. The molecule has 88 valence electrons. The Labute approximate surface area is 96.7 Å². The van der Waals surface area contributed by atoms with E-state index in [-0.39, 0.29) is 0 Å². The summed E-state index contributed by atoms with van der Waals surface area (Å²) >= 11 is 0. The molecule has 2 bridgehead atoms. The van der Waals surface area contributed by atoms with Gasteiger partial charge in [0.05, 0.1) is 12.5 Å². The molecule has 1 heterocycles. The minimum Gasteiger partial charge on any atom is -0.472 e. The summed E-state index contributed by atoms with van der Waals surface area (Å²) < 4.78 is 5.20. The SMILES string of the molecule is CC1C2CCC1[C@@H](CO)[C@@H](c1ccoc1)C2. The molecule has 3 rings (SSSR count). The lowest BCUT2D eigenvalue weighted by Crippen LogP contribution is -2.34. The number of rotatable bonds is 2. The van der Waals surface area contributed by atoms with Crippen molar-refractivity contribution in [3.63, 3.8) is 0 Å². The molecule has 3 unspecified atom stereocenters. The van der Waals surface area contributed by atoms with Gasteiger partial charge in [-0.15, -0.1) is 0 Å². The molecule has 0 radical (unpaired) electrons. The lowest BCUT2D eigenvalue weighted by atomic mass is 9.66. The van der Waals surface area contributed by atoms with Gasteiger partial charge >= 0.3 is 0 Å². The van der Waals surface area contributed by atoms with E-state index in [2.05, 4.69) is 13.0 Å². The molecule has 0 amide bonds. The molecule has 1 aromatic heterocycles. The molecular formula is C14H20O2. The Morgan fingerprint density at radius 2 is 2.31 bits per heavy atom. The van der Waals surface area contributed by atoms with Crippen LogP contribution in [0.3, 0.4) is 0 Å². The topological polar surface area (TPSA) is 33.4 Å². The zero-order valence-corrected chi connectivity index (χ0v) is 9.80. The van der Waals surface area contributed by atoms with Crippen molar-refractivity contribution in [2.45, 2.75) is 32.1 Å². The lowest BCUT2D eigenvalue weighted by Gasteiger charge is -2.39. The van der Waals surface area contributed by atoms with E-state index < -0.39 is 0 Å². The summed E-state index contributed by atoms with van der Waals surface area (Å²) in [6.07, 6.45) is 7.52. The predicted octanol–water partition coefficient (Wildman–Crippen LogP) is 3.04. The smallest absolute Gasteiger partial charge is 0.0937 e. The lowest BCUT2D eigenvalue weighted by molar-refractivity contribution is 0.0805. The Bertz CT molecular complexity index is 344. The second kappa shape index (κ2) is 3.92. The standard InChI is InChI=1S/C14H20O2/c1-9-10-2-3-12(9)14(7-15)13(6-10)11-4-5-16-8-11/h4-5,8-10,12-15H,2-3,6-7H2,1H3/t9?,10?,12?,13-,14-/m1/s1. The van der Waals surface area contributed by atoms with Gasteiger partial charge in [-0.25, -0.2) is 0 Å². The van der Waals surface area contributed by atoms with Crippen LogP contribution in [0.25, 0.3) is 0 Å². The van der Waals surface area contributed by atoms with Gasteiger partial charge in [0.2, 0.25) is 0 Å².